The topological polar surface area (TPSA) is 45.2 Å². The average Bonchev–Trinajstić information content (AvgIpc) is 3.40. The molecule has 1 saturated carbocycles. The SMILES string of the molecule is Clc1cc(N2CCN(c3ccncc3)CC2)nc(C2CC2)n1. The maximum Gasteiger partial charge on any atom is 0.135 e. The van der Waals surface area contributed by atoms with Gasteiger partial charge in [-0.15, -0.1) is 0 Å². The molecule has 0 spiro atoms. The van der Waals surface area contributed by atoms with Gasteiger partial charge < -0.3 is 9.80 Å². The maximum absolute atomic E-state index is 6.17. The first-order valence-electron chi connectivity index (χ1n) is 7.74. The lowest BCUT2D eigenvalue weighted by Crippen LogP contribution is -2.46. The molecule has 0 unspecified atom stereocenters. The summed E-state index contributed by atoms with van der Waals surface area (Å²) in [7, 11) is 0. The number of rotatable bonds is 3. The van der Waals surface area contributed by atoms with E-state index in [4.69, 9.17) is 16.6 Å². The van der Waals surface area contributed by atoms with E-state index < -0.39 is 0 Å². The fraction of sp³-hybridized carbons (Fsp3) is 0.438. The average molecular weight is 316 g/mol. The van der Waals surface area contributed by atoms with Gasteiger partial charge in [0.1, 0.15) is 16.8 Å². The second-order valence-electron chi connectivity index (χ2n) is 5.86. The number of anilines is 2. The summed E-state index contributed by atoms with van der Waals surface area (Å²) in [6.45, 7) is 3.84. The number of nitrogens with zero attached hydrogens (tertiary/aromatic N) is 5. The largest absolute Gasteiger partial charge is 0.368 e. The first kappa shape index (κ1) is 13.8. The molecule has 1 aliphatic heterocycles. The number of pyridine rings is 1. The lowest BCUT2D eigenvalue weighted by atomic mass is 10.2. The Morgan fingerprint density at radius 1 is 0.955 bits per heavy atom. The molecular formula is C16H18ClN5. The van der Waals surface area contributed by atoms with Gasteiger partial charge in [-0.3, -0.25) is 4.98 Å². The van der Waals surface area contributed by atoms with Crippen molar-refractivity contribution in [3.05, 3.63) is 41.6 Å². The Kier molecular flexibility index (Phi) is 3.58. The molecule has 6 heteroatoms. The molecule has 1 saturated heterocycles. The van der Waals surface area contributed by atoms with E-state index >= 15 is 0 Å². The number of hydrogen-bond acceptors (Lipinski definition) is 5. The zero-order valence-electron chi connectivity index (χ0n) is 12.3. The van der Waals surface area contributed by atoms with E-state index in [2.05, 4.69) is 31.9 Å². The van der Waals surface area contributed by atoms with Gasteiger partial charge >= 0.3 is 0 Å². The Hall–Kier alpha value is -1.88. The second-order valence-corrected chi connectivity index (χ2v) is 6.25. The molecule has 114 valence electrons. The first-order chi connectivity index (χ1) is 10.8. The van der Waals surface area contributed by atoms with E-state index in [1.807, 2.05) is 18.5 Å². The quantitative estimate of drug-likeness (QED) is 0.815. The Morgan fingerprint density at radius 3 is 2.32 bits per heavy atom. The fourth-order valence-electron chi connectivity index (χ4n) is 2.86. The summed E-state index contributed by atoms with van der Waals surface area (Å²) in [4.78, 5) is 17.8. The molecule has 2 aliphatic rings. The zero-order chi connectivity index (χ0) is 14.9. The highest BCUT2D eigenvalue weighted by Gasteiger charge is 2.28. The van der Waals surface area contributed by atoms with Crippen LogP contribution >= 0.6 is 11.6 Å². The van der Waals surface area contributed by atoms with Crippen LogP contribution in [0.5, 0.6) is 0 Å². The Morgan fingerprint density at radius 2 is 1.64 bits per heavy atom. The molecule has 2 aromatic rings. The van der Waals surface area contributed by atoms with Crippen molar-refractivity contribution in [1.82, 2.24) is 15.0 Å². The molecule has 5 nitrogen and oxygen atoms in total. The van der Waals surface area contributed by atoms with Gasteiger partial charge in [0.2, 0.25) is 0 Å². The third-order valence-corrected chi connectivity index (χ3v) is 4.47. The fourth-order valence-corrected chi connectivity index (χ4v) is 3.04. The van der Waals surface area contributed by atoms with Crippen molar-refractivity contribution in [2.45, 2.75) is 18.8 Å². The monoisotopic (exact) mass is 315 g/mol. The van der Waals surface area contributed by atoms with Crippen LogP contribution < -0.4 is 9.80 Å². The molecule has 22 heavy (non-hydrogen) atoms. The first-order valence-corrected chi connectivity index (χ1v) is 8.12. The third kappa shape index (κ3) is 2.86. The smallest absolute Gasteiger partial charge is 0.135 e. The molecule has 0 bridgehead atoms. The van der Waals surface area contributed by atoms with Crippen LogP contribution in [0, 0.1) is 0 Å². The lowest BCUT2D eigenvalue weighted by molar-refractivity contribution is 0.644. The number of halogens is 1. The van der Waals surface area contributed by atoms with Gasteiger partial charge in [-0.1, -0.05) is 11.6 Å². The summed E-state index contributed by atoms with van der Waals surface area (Å²) in [6, 6.07) is 6.00. The summed E-state index contributed by atoms with van der Waals surface area (Å²) in [5.74, 6) is 2.41. The minimum atomic E-state index is 0.524. The van der Waals surface area contributed by atoms with Gasteiger partial charge in [0.15, 0.2) is 0 Å². The minimum Gasteiger partial charge on any atom is -0.368 e. The van der Waals surface area contributed by atoms with Crippen LogP contribution in [0.3, 0.4) is 0 Å². The molecule has 0 amide bonds. The standard InChI is InChI=1S/C16H18ClN5/c17-14-11-15(20-16(19-14)12-1-2-12)22-9-7-21(8-10-22)13-3-5-18-6-4-13/h3-6,11-12H,1-2,7-10H2. The van der Waals surface area contributed by atoms with Crippen LogP contribution in [0.4, 0.5) is 11.5 Å². The predicted octanol–water partition coefficient (Wildman–Crippen LogP) is 2.73. The maximum atomic E-state index is 6.17. The number of piperazine rings is 1. The Balaban J connectivity index is 1.47. The molecule has 3 heterocycles. The van der Waals surface area contributed by atoms with Crippen LogP contribution in [0.1, 0.15) is 24.6 Å². The molecule has 4 rings (SSSR count). The summed E-state index contributed by atoms with van der Waals surface area (Å²) < 4.78 is 0. The highest BCUT2D eigenvalue weighted by Crippen LogP contribution is 2.39. The molecule has 0 atom stereocenters. The van der Waals surface area contributed by atoms with Crippen molar-refractivity contribution in [3.8, 4) is 0 Å². The van der Waals surface area contributed by atoms with E-state index in [-0.39, 0.29) is 0 Å². The summed E-state index contributed by atoms with van der Waals surface area (Å²) in [5, 5.41) is 0.559. The molecule has 0 N–H and O–H groups in total. The zero-order valence-corrected chi connectivity index (χ0v) is 13.1. The van der Waals surface area contributed by atoms with Crippen molar-refractivity contribution >= 4 is 23.1 Å². The highest BCUT2D eigenvalue weighted by molar-refractivity contribution is 6.29. The minimum absolute atomic E-state index is 0.524. The van der Waals surface area contributed by atoms with Gasteiger partial charge in [0.25, 0.3) is 0 Å². The molecular weight excluding hydrogens is 298 g/mol. The Labute approximate surface area is 135 Å². The summed E-state index contributed by atoms with van der Waals surface area (Å²) in [6.07, 6.45) is 6.06. The van der Waals surface area contributed by atoms with Crippen LogP contribution in [-0.4, -0.2) is 41.1 Å². The molecule has 1 aliphatic carbocycles. The van der Waals surface area contributed by atoms with Crippen molar-refractivity contribution in [3.63, 3.8) is 0 Å². The van der Waals surface area contributed by atoms with Gasteiger partial charge in [-0.25, -0.2) is 9.97 Å². The number of aromatic nitrogens is 3. The van der Waals surface area contributed by atoms with E-state index in [1.165, 1.54) is 18.5 Å². The number of hydrogen-bond donors (Lipinski definition) is 0. The van der Waals surface area contributed by atoms with E-state index in [9.17, 15) is 0 Å². The van der Waals surface area contributed by atoms with Crippen molar-refractivity contribution in [2.75, 3.05) is 36.0 Å². The third-order valence-electron chi connectivity index (χ3n) is 4.27. The van der Waals surface area contributed by atoms with Gasteiger partial charge in [0, 0.05) is 56.2 Å². The second kappa shape index (κ2) is 5.72. The lowest BCUT2D eigenvalue weighted by Gasteiger charge is -2.36. The van der Waals surface area contributed by atoms with Crippen LogP contribution in [0.15, 0.2) is 30.6 Å². The normalized spacial score (nSPS) is 18.6. The Bertz CT molecular complexity index is 651. The molecule has 2 aromatic heterocycles. The highest BCUT2D eigenvalue weighted by atomic mass is 35.5. The van der Waals surface area contributed by atoms with Crippen molar-refractivity contribution in [2.24, 2.45) is 0 Å². The van der Waals surface area contributed by atoms with Gasteiger partial charge in [-0.2, -0.15) is 0 Å². The molecule has 0 aromatic carbocycles. The summed E-state index contributed by atoms with van der Waals surface area (Å²) >= 11 is 6.17. The molecule has 0 radical (unpaired) electrons. The van der Waals surface area contributed by atoms with Crippen LogP contribution in [0.2, 0.25) is 5.15 Å². The van der Waals surface area contributed by atoms with Crippen LogP contribution in [0.25, 0.3) is 0 Å². The molecule has 2 fully saturated rings. The van der Waals surface area contributed by atoms with Gasteiger partial charge in [-0.05, 0) is 25.0 Å². The summed E-state index contributed by atoms with van der Waals surface area (Å²) in [5.41, 5.74) is 1.23. The van der Waals surface area contributed by atoms with E-state index in [0.29, 0.717) is 11.1 Å². The van der Waals surface area contributed by atoms with Crippen LogP contribution in [-0.2, 0) is 0 Å². The van der Waals surface area contributed by atoms with Crippen molar-refractivity contribution < 1.29 is 0 Å². The predicted molar refractivity (Wildman–Crippen MR) is 87.7 cm³/mol. The van der Waals surface area contributed by atoms with E-state index in [1.54, 1.807) is 0 Å². The van der Waals surface area contributed by atoms with Crippen molar-refractivity contribution in [1.29, 1.82) is 0 Å². The van der Waals surface area contributed by atoms with E-state index in [0.717, 1.165) is 37.8 Å². The van der Waals surface area contributed by atoms with Gasteiger partial charge in [0.05, 0.1) is 0 Å².